The summed E-state index contributed by atoms with van der Waals surface area (Å²) in [5.41, 5.74) is 4.15. The second-order valence-electron chi connectivity index (χ2n) is 6.26. The van der Waals surface area contributed by atoms with E-state index in [1.165, 1.54) is 37.8 Å². The molecule has 1 saturated carbocycles. The second-order valence-corrected chi connectivity index (χ2v) is 7.12. The maximum absolute atomic E-state index is 11.9. The number of aryl methyl sites for hydroxylation is 1. The summed E-state index contributed by atoms with van der Waals surface area (Å²) in [5.74, 6) is 0.600. The minimum Gasteiger partial charge on any atom is -0.318 e. The molecule has 2 aromatic heterocycles. The zero-order chi connectivity index (χ0) is 15.8. The quantitative estimate of drug-likeness (QED) is 0.759. The number of aromatic amines is 1. The number of fused-ring (bicyclic) bond motifs is 1. The number of H-pyrrole nitrogens is 1. The second kappa shape index (κ2) is 5.89. The van der Waals surface area contributed by atoms with E-state index in [2.05, 4.69) is 15.3 Å². The van der Waals surface area contributed by atoms with Gasteiger partial charge in [-0.25, -0.2) is 9.97 Å². The number of nitrogens with zero attached hydrogens (tertiary/aromatic N) is 2. The van der Waals surface area contributed by atoms with Crippen LogP contribution in [0.3, 0.4) is 0 Å². The van der Waals surface area contributed by atoms with Gasteiger partial charge in [0.25, 0.3) is 5.56 Å². The normalized spacial score (nSPS) is 16.0. The van der Waals surface area contributed by atoms with Crippen LogP contribution in [0.5, 0.6) is 0 Å². The Morgan fingerprint density at radius 2 is 2.00 bits per heavy atom. The van der Waals surface area contributed by atoms with Crippen LogP contribution in [0, 0.1) is 6.92 Å². The molecule has 3 aromatic rings. The summed E-state index contributed by atoms with van der Waals surface area (Å²) in [6.45, 7) is 1.73. The summed E-state index contributed by atoms with van der Waals surface area (Å²) in [4.78, 5) is 24.2. The summed E-state index contributed by atoms with van der Waals surface area (Å²) in [7, 11) is 0. The number of benzene rings is 1. The Balaban J connectivity index is 1.78. The Hall–Kier alpha value is -2.01. The largest absolute Gasteiger partial charge is 0.318 e. The van der Waals surface area contributed by atoms with Crippen molar-refractivity contribution in [3.63, 3.8) is 0 Å². The van der Waals surface area contributed by atoms with E-state index in [1.54, 1.807) is 18.3 Å². The lowest BCUT2D eigenvalue weighted by Crippen LogP contribution is -2.11. The summed E-state index contributed by atoms with van der Waals surface area (Å²) in [5, 5.41) is 3.15. The summed E-state index contributed by atoms with van der Waals surface area (Å²) >= 11 is 1.66. The van der Waals surface area contributed by atoms with E-state index in [9.17, 15) is 4.79 Å². The molecule has 1 aliphatic rings. The molecule has 0 amide bonds. The first-order valence-corrected chi connectivity index (χ1v) is 9.06. The van der Waals surface area contributed by atoms with Gasteiger partial charge in [0.1, 0.15) is 10.7 Å². The molecule has 118 valence electrons. The molecule has 0 saturated heterocycles. The van der Waals surface area contributed by atoms with Gasteiger partial charge in [0.15, 0.2) is 0 Å². The fourth-order valence-electron chi connectivity index (χ4n) is 3.37. The van der Waals surface area contributed by atoms with Gasteiger partial charge in [0, 0.05) is 16.9 Å². The predicted octanol–water partition coefficient (Wildman–Crippen LogP) is 4.40. The summed E-state index contributed by atoms with van der Waals surface area (Å²) in [6, 6.07) is 5.92. The number of rotatable bonds is 2. The van der Waals surface area contributed by atoms with Crippen molar-refractivity contribution in [1.29, 1.82) is 0 Å². The van der Waals surface area contributed by atoms with E-state index in [4.69, 9.17) is 4.98 Å². The standard InChI is InChI=1S/C18H19N3OS/c1-11-17(22)21-16-13(8-5-9-14(16)19-11)18-20-15(10-23-18)12-6-3-2-4-7-12/h5,8-10,12H,2-4,6-7H2,1H3,(H,21,22). The molecule has 0 spiro atoms. The molecule has 0 atom stereocenters. The Morgan fingerprint density at radius 1 is 1.17 bits per heavy atom. The fraction of sp³-hybridized carbons (Fsp3) is 0.389. The molecule has 1 aromatic carbocycles. The molecule has 0 bridgehead atoms. The third-order valence-electron chi connectivity index (χ3n) is 4.67. The molecule has 23 heavy (non-hydrogen) atoms. The van der Waals surface area contributed by atoms with Crippen molar-refractivity contribution in [2.45, 2.75) is 44.9 Å². The van der Waals surface area contributed by atoms with E-state index in [-0.39, 0.29) is 5.56 Å². The lowest BCUT2D eigenvalue weighted by molar-refractivity contribution is 0.438. The van der Waals surface area contributed by atoms with Crippen LogP contribution < -0.4 is 5.56 Å². The minimum absolute atomic E-state index is 0.131. The van der Waals surface area contributed by atoms with Gasteiger partial charge in [-0.1, -0.05) is 25.3 Å². The van der Waals surface area contributed by atoms with Crippen LogP contribution in [0.25, 0.3) is 21.6 Å². The molecule has 1 aliphatic carbocycles. The third-order valence-corrected chi connectivity index (χ3v) is 5.57. The van der Waals surface area contributed by atoms with E-state index >= 15 is 0 Å². The molecule has 1 N–H and O–H groups in total. The van der Waals surface area contributed by atoms with Crippen molar-refractivity contribution in [1.82, 2.24) is 15.0 Å². The smallest absolute Gasteiger partial charge is 0.269 e. The number of hydrogen-bond acceptors (Lipinski definition) is 4. The van der Waals surface area contributed by atoms with Gasteiger partial charge in [0.05, 0.1) is 16.7 Å². The Kier molecular flexibility index (Phi) is 3.73. The third kappa shape index (κ3) is 2.70. The van der Waals surface area contributed by atoms with Crippen LogP contribution in [-0.4, -0.2) is 15.0 Å². The van der Waals surface area contributed by atoms with E-state index in [0.29, 0.717) is 11.6 Å². The van der Waals surface area contributed by atoms with Gasteiger partial charge in [-0.15, -0.1) is 11.3 Å². The molecule has 0 radical (unpaired) electrons. The molecule has 5 heteroatoms. The maximum atomic E-state index is 11.9. The number of para-hydroxylation sites is 1. The van der Waals surface area contributed by atoms with Crippen molar-refractivity contribution in [2.75, 3.05) is 0 Å². The average Bonchev–Trinajstić information content (AvgIpc) is 3.06. The molecular weight excluding hydrogens is 306 g/mol. The topological polar surface area (TPSA) is 58.6 Å². The van der Waals surface area contributed by atoms with Crippen LogP contribution in [0.4, 0.5) is 0 Å². The highest BCUT2D eigenvalue weighted by Crippen LogP contribution is 2.36. The van der Waals surface area contributed by atoms with Gasteiger partial charge >= 0.3 is 0 Å². The lowest BCUT2D eigenvalue weighted by Gasteiger charge is -2.19. The van der Waals surface area contributed by atoms with Crippen molar-refractivity contribution >= 4 is 22.4 Å². The Morgan fingerprint density at radius 3 is 2.83 bits per heavy atom. The first-order valence-electron chi connectivity index (χ1n) is 8.18. The number of thiazole rings is 1. The maximum Gasteiger partial charge on any atom is 0.269 e. The highest BCUT2D eigenvalue weighted by atomic mass is 32.1. The van der Waals surface area contributed by atoms with Gasteiger partial charge in [-0.2, -0.15) is 0 Å². The van der Waals surface area contributed by atoms with Crippen LogP contribution in [0.1, 0.15) is 49.4 Å². The zero-order valence-electron chi connectivity index (χ0n) is 13.1. The molecule has 0 unspecified atom stereocenters. The summed E-state index contributed by atoms with van der Waals surface area (Å²) in [6.07, 6.45) is 6.46. The van der Waals surface area contributed by atoms with Gasteiger partial charge in [-0.05, 0) is 31.9 Å². The van der Waals surface area contributed by atoms with Crippen molar-refractivity contribution < 1.29 is 0 Å². The Bertz CT molecular complexity index is 906. The van der Waals surface area contributed by atoms with Crippen LogP contribution in [0.2, 0.25) is 0 Å². The van der Waals surface area contributed by atoms with Gasteiger partial charge in [0.2, 0.25) is 0 Å². The SMILES string of the molecule is Cc1nc2cccc(-c3nc(C4CCCCC4)cs3)c2[nH]c1=O. The highest BCUT2D eigenvalue weighted by Gasteiger charge is 2.19. The molecule has 1 fully saturated rings. The van der Waals surface area contributed by atoms with Crippen molar-refractivity contribution in [3.8, 4) is 10.6 Å². The monoisotopic (exact) mass is 325 g/mol. The van der Waals surface area contributed by atoms with E-state index in [1.807, 2.05) is 18.2 Å². The molecule has 0 aliphatic heterocycles. The highest BCUT2D eigenvalue weighted by molar-refractivity contribution is 7.13. The molecular formula is C18H19N3OS. The van der Waals surface area contributed by atoms with E-state index < -0.39 is 0 Å². The van der Waals surface area contributed by atoms with Gasteiger partial charge in [-0.3, -0.25) is 4.79 Å². The van der Waals surface area contributed by atoms with Crippen molar-refractivity contribution in [2.24, 2.45) is 0 Å². The van der Waals surface area contributed by atoms with Crippen LogP contribution in [0.15, 0.2) is 28.4 Å². The first kappa shape index (κ1) is 14.6. The zero-order valence-corrected chi connectivity index (χ0v) is 13.9. The minimum atomic E-state index is -0.131. The van der Waals surface area contributed by atoms with Crippen molar-refractivity contribution in [3.05, 3.63) is 45.3 Å². The molecule has 2 heterocycles. The van der Waals surface area contributed by atoms with E-state index in [0.717, 1.165) is 21.6 Å². The fourth-order valence-corrected chi connectivity index (χ4v) is 4.31. The number of nitrogens with one attached hydrogen (secondary N) is 1. The van der Waals surface area contributed by atoms with Crippen LogP contribution >= 0.6 is 11.3 Å². The number of hydrogen-bond donors (Lipinski definition) is 1. The predicted molar refractivity (Wildman–Crippen MR) is 94.0 cm³/mol. The molecule has 4 rings (SSSR count). The Labute approximate surface area is 138 Å². The first-order chi connectivity index (χ1) is 11.2. The summed E-state index contributed by atoms with van der Waals surface area (Å²) < 4.78 is 0. The average molecular weight is 325 g/mol. The van der Waals surface area contributed by atoms with Gasteiger partial charge < -0.3 is 4.98 Å². The lowest BCUT2D eigenvalue weighted by atomic mass is 9.87. The molecule has 4 nitrogen and oxygen atoms in total. The number of aromatic nitrogens is 3. The van der Waals surface area contributed by atoms with Crippen LogP contribution in [-0.2, 0) is 0 Å².